The van der Waals surface area contributed by atoms with E-state index in [9.17, 15) is 14.7 Å². The molecule has 4 rings (SSSR count). The van der Waals surface area contributed by atoms with Gasteiger partial charge < -0.3 is 5.11 Å². The van der Waals surface area contributed by atoms with Crippen molar-refractivity contribution in [1.82, 2.24) is 0 Å². The molecule has 0 radical (unpaired) electrons. The summed E-state index contributed by atoms with van der Waals surface area (Å²) in [6.07, 6.45) is 7.73. The Morgan fingerprint density at radius 2 is 2.00 bits per heavy atom. The van der Waals surface area contributed by atoms with Crippen LogP contribution >= 0.6 is 0 Å². The van der Waals surface area contributed by atoms with Crippen molar-refractivity contribution in [2.24, 2.45) is 17.3 Å². The molecule has 1 N–H and O–H groups in total. The molecule has 4 atom stereocenters. The Hall–Kier alpha value is -1.22. The van der Waals surface area contributed by atoms with Gasteiger partial charge in [0.25, 0.3) is 0 Å². The van der Waals surface area contributed by atoms with E-state index in [4.69, 9.17) is 0 Å². The average molecular weight is 300 g/mol. The molecule has 0 heterocycles. The summed E-state index contributed by atoms with van der Waals surface area (Å²) in [7, 11) is 0. The number of rotatable bonds is 1. The molecule has 2 fully saturated rings. The lowest BCUT2D eigenvalue weighted by atomic mass is 9.55. The monoisotopic (exact) mass is 300 g/mol. The predicted molar refractivity (Wildman–Crippen MR) is 83.2 cm³/mol. The number of fused-ring (bicyclic) bond motifs is 4. The van der Waals surface area contributed by atoms with E-state index in [2.05, 4.69) is 6.92 Å². The highest BCUT2D eigenvalue weighted by atomic mass is 16.3. The van der Waals surface area contributed by atoms with Crippen molar-refractivity contribution in [2.45, 2.75) is 64.4 Å². The minimum absolute atomic E-state index is 0.224. The fourth-order valence-electron chi connectivity index (χ4n) is 5.80. The fraction of sp³-hybridized carbons (Fsp3) is 0.684. The van der Waals surface area contributed by atoms with Gasteiger partial charge in [0, 0.05) is 18.3 Å². The zero-order valence-electron chi connectivity index (χ0n) is 13.2. The summed E-state index contributed by atoms with van der Waals surface area (Å²) in [5, 5.41) is 10.8. The first kappa shape index (κ1) is 14.4. The Morgan fingerprint density at radius 1 is 1.18 bits per heavy atom. The van der Waals surface area contributed by atoms with Gasteiger partial charge in [-0.25, -0.2) is 0 Å². The van der Waals surface area contributed by atoms with Crippen molar-refractivity contribution in [3.63, 3.8) is 0 Å². The maximum atomic E-state index is 12.5. The van der Waals surface area contributed by atoms with Gasteiger partial charge in [-0.1, -0.05) is 6.92 Å². The van der Waals surface area contributed by atoms with E-state index in [1.54, 1.807) is 6.08 Å². The number of ketones is 2. The quantitative estimate of drug-likeness (QED) is 0.809. The third-order valence-corrected chi connectivity index (χ3v) is 6.80. The molecule has 0 bridgehead atoms. The second kappa shape index (κ2) is 4.89. The molecule has 3 heteroatoms. The summed E-state index contributed by atoms with van der Waals surface area (Å²) in [5.41, 5.74) is 3.33. The molecule has 0 aromatic rings. The summed E-state index contributed by atoms with van der Waals surface area (Å²) in [4.78, 5) is 24.2. The average Bonchev–Trinajstić information content (AvgIpc) is 2.84. The van der Waals surface area contributed by atoms with Gasteiger partial charge >= 0.3 is 0 Å². The van der Waals surface area contributed by atoms with Crippen molar-refractivity contribution >= 4 is 11.6 Å². The van der Waals surface area contributed by atoms with Gasteiger partial charge in [0.1, 0.15) is 5.78 Å². The number of hydrogen-bond acceptors (Lipinski definition) is 3. The van der Waals surface area contributed by atoms with Crippen molar-refractivity contribution in [2.75, 3.05) is 0 Å². The topological polar surface area (TPSA) is 54.4 Å². The number of hydrogen-bond donors (Lipinski definition) is 1. The zero-order chi connectivity index (χ0) is 15.5. The van der Waals surface area contributed by atoms with Gasteiger partial charge in [-0.3, -0.25) is 9.59 Å². The van der Waals surface area contributed by atoms with Gasteiger partial charge in [-0.05, 0) is 73.2 Å². The van der Waals surface area contributed by atoms with Crippen LogP contribution in [0.2, 0.25) is 0 Å². The maximum Gasteiger partial charge on any atom is 0.156 e. The number of allylic oxidation sites excluding steroid dienone is 3. The van der Waals surface area contributed by atoms with Crippen molar-refractivity contribution < 1.29 is 14.7 Å². The van der Waals surface area contributed by atoms with Gasteiger partial charge in [-0.2, -0.15) is 0 Å². The summed E-state index contributed by atoms with van der Waals surface area (Å²) >= 11 is 0. The Bertz CT molecular complexity index is 612. The first-order valence-corrected chi connectivity index (χ1v) is 8.75. The van der Waals surface area contributed by atoms with E-state index in [0.717, 1.165) is 37.7 Å². The van der Waals surface area contributed by atoms with E-state index < -0.39 is 6.10 Å². The van der Waals surface area contributed by atoms with Crippen molar-refractivity contribution in [1.29, 1.82) is 0 Å². The highest BCUT2D eigenvalue weighted by molar-refractivity contribution is 5.93. The predicted octanol–water partition coefficient (Wildman–Crippen LogP) is 3.12. The summed E-state index contributed by atoms with van der Waals surface area (Å²) in [5.74, 6) is 1.37. The zero-order valence-corrected chi connectivity index (χ0v) is 13.2. The van der Waals surface area contributed by atoms with Crippen LogP contribution in [0.25, 0.3) is 0 Å². The number of aliphatic hydroxyl groups excluding tert-OH is 1. The van der Waals surface area contributed by atoms with Crippen LogP contribution in [0.1, 0.15) is 58.3 Å². The molecule has 4 aliphatic rings. The minimum atomic E-state index is -0.491. The molecular formula is C19H24O3. The van der Waals surface area contributed by atoms with Crippen molar-refractivity contribution in [3.8, 4) is 0 Å². The lowest BCUT2D eigenvalue weighted by Gasteiger charge is -2.49. The van der Waals surface area contributed by atoms with Crippen LogP contribution in [0, 0.1) is 17.3 Å². The Morgan fingerprint density at radius 3 is 2.77 bits per heavy atom. The van der Waals surface area contributed by atoms with Gasteiger partial charge in [0.05, 0.1) is 6.10 Å². The Kier molecular flexibility index (Phi) is 3.19. The maximum absolute atomic E-state index is 12.5. The third-order valence-electron chi connectivity index (χ3n) is 6.80. The number of carbonyl (C=O) groups excluding carboxylic acids is 2. The molecular weight excluding hydrogens is 276 g/mol. The number of carbonyl (C=O) groups is 2. The molecule has 0 aromatic heterocycles. The highest BCUT2D eigenvalue weighted by Gasteiger charge is 2.57. The molecule has 0 aromatic carbocycles. The van der Waals surface area contributed by atoms with Gasteiger partial charge in [-0.15, -0.1) is 0 Å². The largest absolute Gasteiger partial charge is 0.389 e. The lowest BCUT2D eigenvalue weighted by Crippen LogP contribution is -2.47. The van der Waals surface area contributed by atoms with Gasteiger partial charge in [0.15, 0.2) is 5.78 Å². The molecule has 3 nitrogen and oxygen atoms in total. The van der Waals surface area contributed by atoms with E-state index >= 15 is 0 Å². The molecule has 118 valence electrons. The summed E-state index contributed by atoms with van der Waals surface area (Å²) < 4.78 is 0. The van der Waals surface area contributed by atoms with E-state index in [-0.39, 0.29) is 11.2 Å². The third kappa shape index (κ3) is 1.78. The summed E-state index contributed by atoms with van der Waals surface area (Å²) in [6.45, 7) is 2.11. The Balaban J connectivity index is 1.81. The molecule has 0 amide bonds. The molecule has 4 aliphatic carbocycles. The molecule has 2 saturated carbocycles. The van der Waals surface area contributed by atoms with Crippen LogP contribution in [0.15, 0.2) is 22.8 Å². The SMILES string of the molecule is CC[C@]12C[C@H](O)C3=C4CCC(=O)C=C4CC[C@H]3[C@@H]1CCC2=O. The van der Waals surface area contributed by atoms with Crippen LogP contribution in [-0.4, -0.2) is 22.8 Å². The summed E-state index contributed by atoms with van der Waals surface area (Å²) in [6, 6.07) is 0. The van der Waals surface area contributed by atoms with E-state index in [1.807, 2.05) is 0 Å². The second-order valence-electron chi connectivity index (χ2n) is 7.51. The second-order valence-corrected chi connectivity index (χ2v) is 7.51. The van der Waals surface area contributed by atoms with Crippen LogP contribution in [-0.2, 0) is 9.59 Å². The van der Waals surface area contributed by atoms with Crippen LogP contribution in [0.5, 0.6) is 0 Å². The number of aliphatic hydroxyl groups is 1. The molecule has 0 unspecified atom stereocenters. The first-order valence-electron chi connectivity index (χ1n) is 8.75. The van der Waals surface area contributed by atoms with Crippen LogP contribution < -0.4 is 0 Å². The Labute approximate surface area is 131 Å². The highest BCUT2D eigenvalue weighted by Crippen LogP contribution is 2.60. The molecule has 22 heavy (non-hydrogen) atoms. The van der Waals surface area contributed by atoms with E-state index in [1.165, 1.54) is 11.1 Å². The van der Waals surface area contributed by atoms with E-state index in [0.29, 0.717) is 36.9 Å². The number of Topliss-reactive ketones (excluding diaryl/α,β-unsaturated/α-hetero) is 1. The first-order chi connectivity index (χ1) is 10.6. The smallest absolute Gasteiger partial charge is 0.156 e. The lowest BCUT2D eigenvalue weighted by molar-refractivity contribution is -0.131. The molecule has 0 aliphatic heterocycles. The molecule has 0 spiro atoms. The van der Waals surface area contributed by atoms with Gasteiger partial charge in [0.2, 0.25) is 0 Å². The minimum Gasteiger partial charge on any atom is -0.389 e. The van der Waals surface area contributed by atoms with Crippen LogP contribution in [0.3, 0.4) is 0 Å². The normalized spacial score (nSPS) is 41.0. The fourth-order valence-corrected chi connectivity index (χ4v) is 5.80. The molecule has 0 saturated heterocycles. The standard InChI is InChI=1S/C19H24O3/c1-2-19-10-16(21)18-13-6-4-12(20)9-11(13)3-5-14(18)15(19)7-8-17(19)22/h9,14-16,21H,2-8,10H2,1H3/t14-,15-,16-,19-/m0/s1. The van der Waals surface area contributed by atoms with Crippen LogP contribution in [0.4, 0.5) is 0 Å². The van der Waals surface area contributed by atoms with Crippen molar-refractivity contribution in [3.05, 3.63) is 22.8 Å².